The number of unbranched alkanes of at least 4 members (excludes halogenated alkanes) is 13. The van der Waals surface area contributed by atoms with Crippen molar-refractivity contribution in [3.63, 3.8) is 0 Å². The van der Waals surface area contributed by atoms with Crippen LogP contribution in [-0.4, -0.2) is 4.57 Å². The maximum absolute atomic E-state index is 3.83. The maximum atomic E-state index is 3.83. The molecule has 2 nitrogen and oxygen atoms in total. The number of aryl methyl sites for hydroxylation is 1. The molecule has 0 aliphatic heterocycles. The fraction of sp³-hybridized carbons (Fsp3) is 0.773. The molecule has 1 aromatic rings. The van der Waals surface area contributed by atoms with E-state index in [2.05, 4.69) is 42.0 Å². The largest absolute Gasteiger partial charge is 1.00 e. The molecule has 3 heteroatoms. The summed E-state index contributed by atoms with van der Waals surface area (Å²) in [6, 6.07) is 0. The van der Waals surface area contributed by atoms with Crippen LogP contribution >= 0.6 is 0 Å². The minimum Gasteiger partial charge on any atom is -1.00 e. The van der Waals surface area contributed by atoms with Crippen molar-refractivity contribution in [2.75, 3.05) is 0 Å². The molecular weight excluding hydrogens is 328 g/mol. The normalized spacial score (nSPS) is 10.6. The zero-order valence-electron chi connectivity index (χ0n) is 16.8. The van der Waals surface area contributed by atoms with Crippen molar-refractivity contribution in [1.29, 1.82) is 0 Å². The van der Waals surface area contributed by atoms with Gasteiger partial charge in [0.1, 0.15) is 12.4 Å². The molecule has 0 radical (unpaired) electrons. The summed E-state index contributed by atoms with van der Waals surface area (Å²) in [5.74, 6) is 1.28. The maximum Gasteiger partial charge on any atom is 0.257 e. The standard InChI is InChI=1S/C22H41N2.ClH/c1-4-6-7-8-9-10-11-12-13-14-15-16-17-18-19-24-21-20-23(5-2)22(24)3;/h5,20-21H,2,4,6-19H2,1,3H3;1H/q+1;/p-1. The topological polar surface area (TPSA) is 8.81 Å². The van der Waals surface area contributed by atoms with Crippen LogP contribution in [0, 0.1) is 6.92 Å². The highest BCUT2D eigenvalue weighted by atomic mass is 35.5. The molecule has 0 aliphatic carbocycles. The molecule has 0 fully saturated rings. The molecule has 0 aliphatic rings. The lowest BCUT2D eigenvalue weighted by molar-refractivity contribution is -0.574. The Morgan fingerprint density at radius 1 is 0.840 bits per heavy atom. The van der Waals surface area contributed by atoms with Gasteiger partial charge < -0.3 is 12.4 Å². The Labute approximate surface area is 163 Å². The number of hydrogen-bond donors (Lipinski definition) is 0. The summed E-state index contributed by atoms with van der Waals surface area (Å²) in [6.07, 6.45) is 26.0. The van der Waals surface area contributed by atoms with E-state index in [4.69, 9.17) is 0 Å². The van der Waals surface area contributed by atoms with Crippen LogP contribution in [0.4, 0.5) is 0 Å². The molecule has 1 rings (SSSR count). The second-order valence-electron chi connectivity index (χ2n) is 7.22. The Morgan fingerprint density at radius 2 is 1.28 bits per heavy atom. The molecule has 0 unspecified atom stereocenters. The van der Waals surface area contributed by atoms with Crippen LogP contribution in [0.5, 0.6) is 0 Å². The van der Waals surface area contributed by atoms with Crippen molar-refractivity contribution in [3.8, 4) is 0 Å². The van der Waals surface area contributed by atoms with Gasteiger partial charge in [-0.3, -0.25) is 0 Å². The summed E-state index contributed by atoms with van der Waals surface area (Å²) in [5, 5.41) is 0. The SMILES string of the molecule is C=C[n+]1ccn(CCCCCCCCCCCCCCCC)c1C.[Cl-]. The van der Waals surface area contributed by atoms with Gasteiger partial charge in [-0.25, -0.2) is 9.13 Å². The van der Waals surface area contributed by atoms with Crippen molar-refractivity contribution in [2.45, 2.75) is 110 Å². The Hall–Kier alpha value is -0.760. The highest BCUT2D eigenvalue weighted by Crippen LogP contribution is 2.13. The first-order valence-electron chi connectivity index (χ1n) is 10.5. The third-order valence-corrected chi connectivity index (χ3v) is 5.15. The van der Waals surface area contributed by atoms with Gasteiger partial charge in [0, 0.05) is 6.92 Å². The second kappa shape index (κ2) is 16.7. The zero-order valence-corrected chi connectivity index (χ0v) is 17.6. The molecule has 0 saturated heterocycles. The van der Waals surface area contributed by atoms with Crippen molar-refractivity contribution in [3.05, 3.63) is 24.8 Å². The van der Waals surface area contributed by atoms with Gasteiger partial charge >= 0.3 is 0 Å². The van der Waals surface area contributed by atoms with Crippen molar-refractivity contribution >= 4 is 6.20 Å². The fourth-order valence-corrected chi connectivity index (χ4v) is 3.42. The summed E-state index contributed by atoms with van der Waals surface area (Å²) in [7, 11) is 0. The lowest BCUT2D eigenvalue weighted by Gasteiger charge is -2.03. The summed E-state index contributed by atoms with van der Waals surface area (Å²) in [4.78, 5) is 0. The Bertz CT molecular complexity index is 426. The monoisotopic (exact) mass is 368 g/mol. The second-order valence-corrected chi connectivity index (χ2v) is 7.22. The van der Waals surface area contributed by atoms with Crippen LogP contribution in [0.1, 0.15) is 103 Å². The quantitative estimate of drug-likeness (QED) is 0.311. The van der Waals surface area contributed by atoms with Crippen LogP contribution in [0.3, 0.4) is 0 Å². The lowest BCUT2D eigenvalue weighted by Crippen LogP contribution is -3.00. The summed E-state index contributed by atoms with van der Waals surface area (Å²) in [5.41, 5.74) is 0. The molecule has 0 atom stereocenters. The molecule has 0 N–H and O–H groups in total. The average molecular weight is 369 g/mol. The molecule has 0 spiro atoms. The van der Waals surface area contributed by atoms with E-state index < -0.39 is 0 Å². The Kier molecular flexibility index (Phi) is 16.2. The smallest absolute Gasteiger partial charge is 0.257 e. The van der Waals surface area contributed by atoms with Crippen molar-refractivity contribution < 1.29 is 17.0 Å². The number of halogens is 1. The molecule has 0 saturated carbocycles. The van der Waals surface area contributed by atoms with Gasteiger partial charge in [-0.15, -0.1) is 0 Å². The third-order valence-electron chi connectivity index (χ3n) is 5.15. The van der Waals surface area contributed by atoms with Gasteiger partial charge in [0.2, 0.25) is 0 Å². The van der Waals surface area contributed by atoms with E-state index in [1.165, 1.54) is 95.7 Å². The highest BCUT2D eigenvalue weighted by Gasteiger charge is 2.08. The minimum absolute atomic E-state index is 0. The van der Waals surface area contributed by atoms with E-state index in [1.54, 1.807) is 0 Å². The molecule has 1 heterocycles. The molecule has 146 valence electrons. The van der Waals surface area contributed by atoms with Crippen LogP contribution in [-0.2, 0) is 6.54 Å². The highest BCUT2D eigenvalue weighted by molar-refractivity contribution is 4.98. The van der Waals surface area contributed by atoms with Crippen molar-refractivity contribution in [2.24, 2.45) is 0 Å². The van der Waals surface area contributed by atoms with E-state index in [9.17, 15) is 0 Å². The molecule has 0 aromatic carbocycles. The first-order valence-corrected chi connectivity index (χ1v) is 10.5. The van der Waals surface area contributed by atoms with Crippen LogP contribution in [0.2, 0.25) is 0 Å². The summed E-state index contributed by atoms with van der Waals surface area (Å²) in [6.45, 7) is 9.42. The first-order chi connectivity index (χ1) is 11.8. The first kappa shape index (κ1) is 24.2. The minimum atomic E-state index is 0. The van der Waals surface area contributed by atoms with E-state index in [0.29, 0.717) is 0 Å². The van der Waals surface area contributed by atoms with Gasteiger partial charge in [0.05, 0.1) is 12.7 Å². The van der Waals surface area contributed by atoms with E-state index >= 15 is 0 Å². The van der Waals surface area contributed by atoms with Crippen LogP contribution in [0.15, 0.2) is 19.0 Å². The number of nitrogens with zero attached hydrogens (tertiary/aromatic N) is 2. The van der Waals surface area contributed by atoms with Crippen molar-refractivity contribution in [1.82, 2.24) is 4.57 Å². The van der Waals surface area contributed by atoms with Gasteiger partial charge in [0.15, 0.2) is 0 Å². The Morgan fingerprint density at radius 3 is 1.68 bits per heavy atom. The van der Waals surface area contributed by atoms with E-state index in [-0.39, 0.29) is 12.4 Å². The molecule has 1 aromatic heterocycles. The van der Waals surface area contributed by atoms with E-state index in [0.717, 1.165) is 6.54 Å². The molecule has 0 amide bonds. The van der Waals surface area contributed by atoms with Gasteiger partial charge in [-0.1, -0.05) is 90.6 Å². The summed E-state index contributed by atoms with van der Waals surface area (Å²) < 4.78 is 4.42. The number of aromatic nitrogens is 2. The number of hydrogen-bond acceptors (Lipinski definition) is 0. The zero-order chi connectivity index (χ0) is 17.5. The number of imidazole rings is 1. The lowest BCUT2D eigenvalue weighted by atomic mass is 10.0. The predicted molar refractivity (Wildman–Crippen MR) is 106 cm³/mol. The van der Waals surface area contributed by atoms with Gasteiger partial charge in [-0.2, -0.15) is 0 Å². The Balaban J connectivity index is 0.00000576. The van der Waals surface area contributed by atoms with E-state index in [1.807, 2.05) is 6.20 Å². The molecular formula is C22H41ClN2. The number of rotatable bonds is 16. The molecule has 0 bridgehead atoms. The van der Waals surface area contributed by atoms with Gasteiger partial charge in [0.25, 0.3) is 5.82 Å². The molecule has 25 heavy (non-hydrogen) atoms. The predicted octanol–water partition coefficient (Wildman–Crippen LogP) is 3.67. The average Bonchev–Trinajstić information content (AvgIpc) is 2.95. The van der Waals surface area contributed by atoms with Crippen LogP contribution in [0.25, 0.3) is 6.20 Å². The summed E-state index contributed by atoms with van der Waals surface area (Å²) >= 11 is 0. The third kappa shape index (κ3) is 11.5. The fourth-order valence-electron chi connectivity index (χ4n) is 3.42. The van der Waals surface area contributed by atoms with Crippen LogP contribution < -0.4 is 17.0 Å². The van der Waals surface area contributed by atoms with Gasteiger partial charge in [-0.05, 0) is 12.8 Å².